The normalized spacial score (nSPS) is 14.5. The molecule has 0 amide bonds. The molecule has 534 valence electrons. The van der Waals surface area contributed by atoms with E-state index in [1.165, 1.54) is 105 Å². The van der Waals surface area contributed by atoms with Gasteiger partial charge in [-0.25, -0.2) is 0 Å². The van der Waals surface area contributed by atoms with Crippen LogP contribution in [0.5, 0.6) is 0 Å². The molecule has 0 aliphatic heterocycles. The molecule has 0 saturated carbocycles. The second kappa shape index (κ2) is 31.6. The Morgan fingerprint density at radius 3 is 1.28 bits per heavy atom. The maximum absolute atomic E-state index is 16.4. The van der Waals surface area contributed by atoms with Crippen LogP contribution >= 0.6 is 0 Å². The second-order valence-electron chi connectivity index (χ2n) is 29.9. The summed E-state index contributed by atoms with van der Waals surface area (Å²) >= 11 is 0. The van der Waals surface area contributed by atoms with E-state index in [2.05, 4.69) is 275 Å². The SMILES string of the molecule is C=Cc1cccc(N(c2ccc(C)cc2)c2ccc(-c3ccc(N(c4ccc(C(C)(c5ccc(N(c6ccc(CCc7ccc8c(c7)C(CC(CC)CCCC)(CC(CC)CCCC)c7cc(C)ccc7-8)cc6)c6cccc7ccccc67)cc5)C(F)(F)F)cc4)c4cccc5ccccc45)cc3)cc2)c1. The van der Waals surface area contributed by atoms with Crippen LogP contribution in [0.15, 0.2) is 298 Å². The van der Waals surface area contributed by atoms with Gasteiger partial charge in [0, 0.05) is 56.0 Å². The fourth-order valence-electron chi connectivity index (χ4n) is 16.9. The Balaban J connectivity index is 0.753. The standard InChI is InChI=1S/C100H98F3N3/c1-9-14-23-73(12-4)68-99(69-74(13-5)24-15-10-2)94-65-71(7)37-63-92(94)93-64-42-76(67-95(93)99)39-38-75-40-53-85(54-41-75)105(96-33-21-28-79-26-16-18-31-90(79)96)87-59-47-81(48-60-87)98(8,100(101,102)103)82-49-61-88(62-50-82)106(97-34-22-29-80-27-17-19-32-91(80)97)86-57-45-78(46-58-86)77-43-55-84(56-44-77)104(83-51-35-70(6)36-52-83)89-30-20-25-72(11-3)66-89/h11,16-22,25-37,40-67,73-74H,3,9-10,12-15,23-24,38-39,68-69H2,1-2,4-8H3. The van der Waals surface area contributed by atoms with Crippen molar-refractivity contribution >= 4 is 78.8 Å². The smallest absolute Gasteiger partial charge is 0.310 e. The van der Waals surface area contributed by atoms with E-state index in [9.17, 15) is 0 Å². The monoisotopic (exact) mass is 1400 g/mol. The number of nitrogens with zero attached hydrogens (tertiary/aromatic N) is 3. The minimum atomic E-state index is -4.66. The van der Waals surface area contributed by atoms with E-state index in [-0.39, 0.29) is 16.5 Å². The second-order valence-corrected chi connectivity index (χ2v) is 29.9. The van der Waals surface area contributed by atoms with Crippen molar-refractivity contribution in [2.75, 3.05) is 14.7 Å². The van der Waals surface area contributed by atoms with Crippen molar-refractivity contribution < 1.29 is 13.2 Å². The van der Waals surface area contributed by atoms with Crippen molar-refractivity contribution in [3.8, 4) is 22.3 Å². The first-order valence-corrected chi connectivity index (χ1v) is 38.6. The molecule has 13 aromatic carbocycles. The fourth-order valence-corrected chi connectivity index (χ4v) is 16.9. The summed E-state index contributed by atoms with van der Waals surface area (Å²) in [7, 11) is 0. The first-order valence-electron chi connectivity index (χ1n) is 38.6. The number of anilines is 9. The summed E-state index contributed by atoms with van der Waals surface area (Å²) < 4.78 is 49.1. The molecule has 3 atom stereocenters. The molecule has 6 heteroatoms. The minimum absolute atomic E-state index is 0.0275. The lowest BCUT2D eigenvalue weighted by atomic mass is 9.65. The van der Waals surface area contributed by atoms with Crippen LogP contribution in [0.2, 0.25) is 0 Å². The van der Waals surface area contributed by atoms with Crippen molar-refractivity contribution in [2.24, 2.45) is 11.8 Å². The van der Waals surface area contributed by atoms with E-state index < -0.39 is 11.6 Å². The van der Waals surface area contributed by atoms with Crippen LogP contribution in [-0.4, -0.2) is 6.18 Å². The van der Waals surface area contributed by atoms with Crippen LogP contribution in [0.3, 0.4) is 0 Å². The zero-order valence-corrected chi connectivity index (χ0v) is 62.6. The lowest BCUT2D eigenvalue weighted by Gasteiger charge is -2.39. The molecule has 1 aliphatic rings. The van der Waals surface area contributed by atoms with Crippen molar-refractivity contribution in [1.29, 1.82) is 0 Å². The van der Waals surface area contributed by atoms with Gasteiger partial charge in [0.1, 0.15) is 5.41 Å². The zero-order valence-electron chi connectivity index (χ0n) is 62.6. The van der Waals surface area contributed by atoms with Gasteiger partial charge < -0.3 is 14.7 Å². The zero-order chi connectivity index (χ0) is 73.5. The molecule has 0 spiro atoms. The number of hydrogen-bond acceptors (Lipinski definition) is 3. The molecule has 14 rings (SSSR count). The van der Waals surface area contributed by atoms with Gasteiger partial charge >= 0.3 is 6.18 Å². The highest BCUT2D eigenvalue weighted by molar-refractivity contribution is 6.00. The lowest BCUT2D eigenvalue weighted by Crippen LogP contribution is -2.40. The summed E-state index contributed by atoms with van der Waals surface area (Å²) in [5, 5.41) is 4.19. The molecule has 0 N–H and O–H groups in total. The third-order valence-corrected chi connectivity index (χ3v) is 23.1. The Morgan fingerprint density at radius 1 is 0.396 bits per heavy atom. The van der Waals surface area contributed by atoms with Gasteiger partial charge in [0.2, 0.25) is 0 Å². The average molecular weight is 1400 g/mol. The Hall–Kier alpha value is -10.7. The van der Waals surface area contributed by atoms with Crippen molar-refractivity contribution in [3.05, 3.63) is 348 Å². The summed E-state index contributed by atoms with van der Waals surface area (Å²) in [6.45, 7) is 19.2. The quantitative estimate of drug-likeness (QED) is 0.0484. The van der Waals surface area contributed by atoms with E-state index in [0.717, 1.165) is 102 Å². The number of alkyl halides is 3. The number of aryl methyl sites for hydroxylation is 4. The number of unbranched alkanes of at least 4 members (excludes halogenated alkanes) is 2. The minimum Gasteiger partial charge on any atom is -0.310 e. The Morgan fingerprint density at radius 2 is 0.802 bits per heavy atom. The van der Waals surface area contributed by atoms with Crippen LogP contribution in [0, 0.1) is 25.7 Å². The molecule has 0 aromatic heterocycles. The number of hydrogen-bond donors (Lipinski definition) is 0. The molecule has 1 aliphatic carbocycles. The highest BCUT2D eigenvalue weighted by atomic mass is 19.4. The molecule has 0 heterocycles. The van der Waals surface area contributed by atoms with Crippen molar-refractivity contribution in [1.82, 2.24) is 0 Å². The molecule has 0 saturated heterocycles. The molecular weight excluding hydrogens is 1300 g/mol. The van der Waals surface area contributed by atoms with Gasteiger partial charge in [-0.3, -0.25) is 0 Å². The summed E-state index contributed by atoms with van der Waals surface area (Å²) in [6.07, 6.45) is 11.3. The Kier molecular flexibility index (Phi) is 21.5. The summed E-state index contributed by atoms with van der Waals surface area (Å²) in [5.74, 6) is 1.32. The van der Waals surface area contributed by atoms with Gasteiger partial charge in [-0.15, -0.1) is 0 Å². The predicted octanol–water partition coefficient (Wildman–Crippen LogP) is 29.5. The molecule has 106 heavy (non-hydrogen) atoms. The molecule has 3 nitrogen and oxygen atoms in total. The van der Waals surface area contributed by atoms with Gasteiger partial charge in [0.05, 0.1) is 11.4 Å². The molecule has 0 bridgehead atoms. The number of fused-ring (bicyclic) bond motifs is 5. The maximum Gasteiger partial charge on any atom is 0.402 e. The molecule has 0 fully saturated rings. The third-order valence-electron chi connectivity index (χ3n) is 23.1. The number of benzene rings is 13. The first kappa shape index (κ1) is 72.3. The fraction of sp³-hybridized carbons (Fsp3) is 0.240. The summed E-state index contributed by atoms with van der Waals surface area (Å²) in [4.78, 5) is 6.60. The topological polar surface area (TPSA) is 9.72 Å². The van der Waals surface area contributed by atoms with Gasteiger partial charge in [0.25, 0.3) is 0 Å². The molecule has 0 radical (unpaired) electrons. The number of rotatable bonds is 28. The van der Waals surface area contributed by atoms with Gasteiger partial charge in [-0.1, -0.05) is 297 Å². The highest BCUT2D eigenvalue weighted by Crippen LogP contribution is 2.57. The summed E-state index contributed by atoms with van der Waals surface area (Å²) in [6, 6.07) is 101. The summed E-state index contributed by atoms with van der Waals surface area (Å²) in [5.41, 5.74) is 20.3. The Bertz CT molecular complexity index is 5140. The van der Waals surface area contributed by atoms with E-state index in [0.29, 0.717) is 11.8 Å². The number of halogens is 3. The predicted molar refractivity (Wildman–Crippen MR) is 445 cm³/mol. The van der Waals surface area contributed by atoms with E-state index >= 15 is 13.2 Å². The highest BCUT2D eigenvalue weighted by Gasteiger charge is 2.54. The average Bonchev–Trinajstić information content (AvgIpc) is 1.51. The molecule has 3 unspecified atom stereocenters. The van der Waals surface area contributed by atoms with Crippen LogP contribution in [0.4, 0.5) is 64.4 Å². The van der Waals surface area contributed by atoms with E-state index in [1.54, 1.807) is 35.4 Å². The molecule has 13 aromatic rings. The third kappa shape index (κ3) is 14.6. The van der Waals surface area contributed by atoms with Gasteiger partial charge in [0.15, 0.2) is 0 Å². The maximum atomic E-state index is 16.4. The van der Waals surface area contributed by atoms with Gasteiger partial charge in [-0.05, 0) is 227 Å². The van der Waals surface area contributed by atoms with Crippen LogP contribution in [-0.2, 0) is 23.7 Å². The largest absolute Gasteiger partial charge is 0.402 e. The Labute approximate surface area is 627 Å². The van der Waals surface area contributed by atoms with Crippen LogP contribution in [0.1, 0.15) is 149 Å². The molecular formula is C100H98F3N3. The first-order chi connectivity index (χ1) is 51.6. The van der Waals surface area contributed by atoms with E-state index in [4.69, 9.17) is 0 Å². The van der Waals surface area contributed by atoms with Crippen LogP contribution in [0.25, 0.3) is 49.9 Å². The van der Waals surface area contributed by atoms with Crippen molar-refractivity contribution in [3.63, 3.8) is 0 Å². The van der Waals surface area contributed by atoms with Crippen molar-refractivity contribution in [2.45, 2.75) is 143 Å². The van der Waals surface area contributed by atoms with E-state index in [1.807, 2.05) is 60.7 Å². The van der Waals surface area contributed by atoms with Gasteiger partial charge in [-0.2, -0.15) is 13.2 Å². The lowest BCUT2D eigenvalue weighted by molar-refractivity contribution is -0.173. The van der Waals surface area contributed by atoms with Crippen LogP contribution < -0.4 is 14.7 Å².